The molecule has 1 N–H and O–H groups in total. The number of piperazine rings is 1. The number of carbonyl (C=O) groups excluding carboxylic acids is 2. The number of benzene rings is 2. The van der Waals surface area contributed by atoms with Crippen LogP contribution >= 0.6 is 0 Å². The van der Waals surface area contributed by atoms with E-state index in [-0.39, 0.29) is 17.2 Å². The van der Waals surface area contributed by atoms with Gasteiger partial charge in [0, 0.05) is 26.2 Å². The largest absolute Gasteiger partial charge is 0.450 e. The van der Waals surface area contributed by atoms with E-state index in [1.54, 1.807) is 34.9 Å². The first-order valence-electron chi connectivity index (χ1n) is 10.2. The zero-order valence-electron chi connectivity index (χ0n) is 17.4. The van der Waals surface area contributed by atoms with Crippen LogP contribution in [-0.4, -0.2) is 69.0 Å². The van der Waals surface area contributed by atoms with E-state index in [1.807, 2.05) is 30.3 Å². The molecule has 1 unspecified atom stereocenters. The Hall–Kier alpha value is -2.91. The van der Waals surface area contributed by atoms with Crippen LogP contribution in [0.3, 0.4) is 0 Å². The third kappa shape index (κ3) is 6.05. The number of hydrogen-bond donors (Lipinski definition) is 1. The molecular formula is C22H27N3O5S. The lowest BCUT2D eigenvalue weighted by Gasteiger charge is -2.36. The molecule has 2 aromatic rings. The Balaban J connectivity index is 1.75. The highest BCUT2D eigenvalue weighted by molar-refractivity contribution is 7.89. The summed E-state index contributed by atoms with van der Waals surface area (Å²) >= 11 is 0. The number of carbonyl (C=O) groups is 2. The molecule has 1 heterocycles. The molecule has 2 aromatic carbocycles. The minimum absolute atomic E-state index is 0.105. The van der Waals surface area contributed by atoms with Gasteiger partial charge in [0.1, 0.15) is 6.04 Å². The molecule has 1 aliphatic heterocycles. The first-order chi connectivity index (χ1) is 14.9. The van der Waals surface area contributed by atoms with Crippen LogP contribution in [0.2, 0.25) is 0 Å². The van der Waals surface area contributed by atoms with E-state index < -0.39 is 22.2 Å². The molecule has 0 radical (unpaired) electrons. The Morgan fingerprint density at radius 2 is 1.48 bits per heavy atom. The zero-order chi connectivity index (χ0) is 22.3. The Kier molecular flexibility index (Phi) is 7.64. The van der Waals surface area contributed by atoms with E-state index in [0.717, 1.165) is 5.56 Å². The van der Waals surface area contributed by atoms with E-state index in [0.29, 0.717) is 32.8 Å². The van der Waals surface area contributed by atoms with Crippen LogP contribution in [0.4, 0.5) is 4.79 Å². The predicted molar refractivity (Wildman–Crippen MR) is 116 cm³/mol. The Bertz CT molecular complexity index is 975. The second-order valence-corrected chi connectivity index (χ2v) is 8.90. The third-order valence-corrected chi connectivity index (χ3v) is 6.54. The number of nitrogens with zero attached hydrogens (tertiary/aromatic N) is 2. The minimum Gasteiger partial charge on any atom is -0.450 e. The van der Waals surface area contributed by atoms with Crippen LogP contribution < -0.4 is 4.72 Å². The van der Waals surface area contributed by atoms with Gasteiger partial charge in [-0.3, -0.25) is 4.79 Å². The van der Waals surface area contributed by atoms with E-state index in [4.69, 9.17) is 4.74 Å². The number of amides is 2. The molecule has 0 bridgehead atoms. The van der Waals surface area contributed by atoms with Crippen LogP contribution in [0.15, 0.2) is 65.6 Å². The average Bonchev–Trinajstić information content (AvgIpc) is 2.79. The average molecular weight is 446 g/mol. The minimum atomic E-state index is -3.88. The number of sulfonamides is 1. The molecule has 0 aromatic heterocycles. The van der Waals surface area contributed by atoms with Gasteiger partial charge in [-0.2, -0.15) is 4.72 Å². The van der Waals surface area contributed by atoms with Crippen molar-refractivity contribution < 1.29 is 22.7 Å². The highest BCUT2D eigenvalue weighted by atomic mass is 32.2. The lowest BCUT2D eigenvalue weighted by Crippen LogP contribution is -2.56. The molecule has 2 amide bonds. The van der Waals surface area contributed by atoms with Gasteiger partial charge in [-0.1, -0.05) is 48.5 Å². The molecule has 9 heteroatoms. The van der Waals surface area contributed by atoms with Crippen molar-refractivity contribution in [2.24, 2.45) is 0 Å². The van der Waals surface area contributed by atoms with E-state index in [2.05, 4.69) is 4.72 Å². The number of rotatable bonds is 7. The van der Waals surface area contributed by atoms with Crippen LogP contribution in [0, 0.1) is 0 Å². The van der Waals surface area contributed by atoms with E-state index >= 15 is 0 Å². The smallest absolute Gasteiger partial charge is 0.409 e. The topological polar surface area (TPSA) is 96.0 Å². The maximum absolute atomic E-state index is 13.3. The molecular weight excluding hydrogens is 418 g/mol. The Labute approximate surface area is 182 Å². The summed E-state index contributed by atoms with van der Waals surface area (Å²) in [6.45, 7) is 3.34. The van der Waals surface area contributed by atoms with Gasteiger partial charge < -0.3 is 14.5 Å². The standard InChI is InChI=1S/C22H27N3O5S/c1-2-30-22(27)25-15-13-24(14-16-25)21(26)20(17-18-9-5-3-6-10-18)23-31(28,29)19-11-7-4-8-12-19/h3-12,20,23H,2,13-17H2,1H3. The quantitative estimate of drug-likeness (QED) is 0.702. The van der Waals surface area contributed by atoms with Crippen LogP contribution in [0.5, 0.6) is 0 Å². The van der Waals surface area contributed by atoms with Gasteiger partial charge in [0.2, 0.25) is 15.9 Å². The molecule has 1 aliphatic rings. The summed E-state index contributed by atoms with van der Waals surface area (Å²) in [7, 11) is -3.88. The van der Waals surface area contributed by atoms with Crippen LogP contribution in [0.1, 0.15) is 12.5 Å². The third-order valence-electron chi connectivity index (χ3n) is 5.05. The second-order valence-electron chi connectivity index (χ2n) is 7.19. The summed E-state index contributed by atoms with van der Waals surface area (Å²) in [5.41, 5.74) is 0.849. The number of hydrogen-bond acceptors (Lipinski definition) is 5. The van der Waals surface area contributed by atoms with Crippen molar-refractivity contribution in [1.82, 2.24) is 14.5 Å². The van der Waals surface area contributed by atoms with Crippen molar-refractivity contribution in [3.63, 3.8) is 0 Å². The van der Waals surface area contributed by atoms with Crippen molar-refractivity contribution >= 4 is 22.0 Å². The normalized spacial score (nSPS) is 15.4. The molecule has 1 atom stereocenters. The predicted octanol–water partition coefficient (Wildman–Crippen LogP) is 1.88. The van der Waals surface area contributed by atoms with Gasteiger partial charge in [-0.05, 0) is 31.0 Å². The second kappa shape index (κ2) is 10.4. The van der Waals surface area contributed by atoms with Gasteiger partial charge in [0.05, 0.1) is 11.5 Å². The summed E-state index contributed by atoms with van der Waals surface area (Å²) in [4.78, 5) is 28.4. The molecule has 0 saturated carbocycles. The van der Waals surface area contributed by atoms with Gasteiger partial charge in [-0.15, -0.1) is 0 Å². The van der Waals surface area contributed by atoms with Crippen molar-refractivity contribution in [3.8, 4) is 0 Å². The summed E-state index contributed by atoms with van der Waals surface area (Å²) in [5.74, 6) is -0.313. The Morgan fingerprint density at radius 3 is 2.06 bits per heavy atom. The maximum Gasteiger partial charge on any atom is 0.409 e. The van der Waals surface area contributed by atoms with Gasteiger partial charge in [0.25, 0.3) is 0 Å². The Morgan fingerprint density at radius 1 is 0.935 bits per heavy atom. The van der Waals surface area contributed by atoms with E-state index in [1.165, 1.54) is 12.1 Å². The van der Waals surface area contributed by atoms with Gasteiger partial charge in [-0.25, -0.2) is 13.2 Å². The molecule has 31 heavy (non-hydrogen) atoms. The summed E-state index contributed by atoms with van der Waals surface area (Å²) < 4.78 is 33.4. The summed E-state index contributed by atoms with van der Waals surface area (Å²) in [6, 6.07) is 16.3. The number of nitrogens with one attached hydrogen (secondary N) is 1. The lowest BCUT2D eigenvalue weighted by molar-refractivity contribution is -0.134. The zero-order valence-corrected chi connectivity index (χ0v) is 18.3. The first-order valence-corrected chi connectivity index (χ1v) is 11.7. The van der Waals surface area contributed by atoms with Crippen molar-refractivity contribution in [2.45, 2.75) is 24.3 Å². The lowest BCUT2D eigenvalue weighted by atomic mass is 10.1. The highest BCUT2D eigenvalue weighted by Gasteiger charge is 2.32. The van der Waals surface area contributed by atoms with Crippen LogP contribution in [0.25, 0.3) is 0 Å². The molecule has 166 valence electrons. The highest BCUT2D eigenvalue weighted by Crippen LogP contribution is 2.14. The fourth-order valence-corrected chi connectivity index (χ4v) is 4.64. The molecule has 0 spiro atoms. The van der Waals surface area contributed by atoms with Crippen molar-refractivity contribution in [3.05, 3.63) is 66.2 Å². The molecule has 1 fully saturated rings. The van der Waals surface area contributed by atoms with Crippen molar-refractivity contribution in [2.75, 3.05) is 32.8 Å². The fourth-order valence-electron chi connectivity index (χ4n) is 3.43. The first kappa shape index (κ1) is 22.8. The van der Waals surface area contributed by atoms with Gasteiger partial charge in [0.15, 0.2) is 0 Å². The molecule has 1 saturated heterocycles. The SMILES string of the molecule is CCOC(=O)N1CCN(C(=O)C(Cc2ccccc2)NS(=O)(=O)c2ccccc2)CC1. The number of ether oxygens (including phenoxy) is 1. The summed E-state index contributed by atoms with van der Waals surface area (Å²) in [6.07, 6.45) is -0.177. The maximum atomic E-state index is 13.3. The van der Waals surface area contributed by atoms with Crippen LogP contribution in [-0.2, 0) is 26.0 Å². The molecule has 0 aliphatic carbocycles. The molecule has 8 nitrogen and oxygen atoms in total. The van der Waals surface area contributed by atoms with Crippen molar-refractivity contribution in [1.29, 1.82) is 0 Å². The summed E-state index contributed by atoms with van der Waals surface area (Å²) in [5, 5.41) is 0. The van der Waals surface area contributed by atoms with Gasteiger partial charge >= 0.3 is 6.09 Å². The fraction of sp³-hybridized carbons (Fsp3) is 0.364. The van der Waals surface area contributed by atoms with E-state index in [9.17, 15) is 18.0 Å². The monoisotopic (exact) mass is 445 g/mol. The molecule has 3 rings (SSSR count).